The molecule has 0 aliphatic rings. The van der Waals surface area contributed by atoms with Crippen LogP contribution in [0, 0.1) is 0 Å². The topological polar surface area (TPSA) is 27.1 Å². The number of benzene rings is 2. The van der Waals surface area contributed by atoms with Gasteiger partial charge in [0, 0.05) is 38.0 Å². The highest BCUT2D eigenvalue weighted by molar-refractivity contribution is 6.35. The van der Waals surface area contributed by atoms with Crippen LogP contribution in [0.5, 0.6) is 0 Å². The molecule has 0 aliphatic carbocycles. The summed E-state index contributed by atoms with van der Waals surface area (Å²) in [7, 11) is 0. The van der Waals surface area contributed by atoms with Crippen molar-refractivity contribution in [1.82, 2.24) is 9.55 Å². The van der Waals surface area contributed by atoms with E-state index < -0.39 is 0 Å². The molecular formula is C18H14Cl4N2O. The number of halogens is 4. The van der Waals surface area contributed by atoms with Crippen LogP contribution in [0.3, 0.4) is 0 Å². The van der Waals surface area contributed by atoms with Gasteiger partial charge in [-0.05, 0) is 35.9 Å². The molecule has 3 nitrogen and oxygen atoms in total. The summed E-state index contributed by atoms with van der Waals surface area (Å²) in [4.78, 5) is 4.07. The first-order valence-corrected chi connectivity index (χ1v) is 9.00. The van der Waals surface area contributed by atoms with Crippen LogP contribution in [-0.2, 0) is 17.9 Å². The van der Waals surface area contributed by atoms with Crippen molar-refractivity contribution in [3.05, 3.63) is 86.3 Å². The molecule has 0 unspecified atom stereocenters. The standard InChI is InChI=1S/C18H14Cl4N2O/c19-13-1-2-16(17(22)8-13)18(9-24-4-3-23-11-24)25-10-12-5-14(20)7-15(21)6-12/h1-8,11,18H,9-10H2/t18-/m1/s1. The lowest BCUT2D eigenvalue weighted by molar-refractivity contribution is 0.0280. The van der Waals surface area contributed by atoms with E-state index in [0.29, 0.717) is 33.2 Å². The number of hydrogen-bond donors (Lipinski definition) is 0. The van der Waals surface area contributed by atoms with Crippen LogP contribution < -0.4 is 0 Å². The van der Waals surface area contributed by atoms with Crippen molar-refractivity contribution in [2.45, 2.75) is 19.3 Å². The molecule has 0 fully saturated rings. The van der Waals surface area contributed by atoms with E-state index in [1.54, 1.807) is 30.7 Å². The first-order chi connectivity index (χ1) is 12.0. The number of hydrogen-bond acceptors (Lipinski definition) is 2. The smallest absolute Gasteiger partial charge is 0.102 e. The molecule has 0 spiro atoms. The van der Waals surface area contributed by atoms with Gasteiger partial charge in [0.15, 0.2) is 0 Å². The molecule has 0 radical (unpaired) electrons. The summed E-state index contributed by atoms with van der Waals surface area (Å²) in [6, 6.07) is 10.7. The van der Waals surface area contributed by atoms with Crippen LogP contribution >= 0.6 is 46.4 Å². The summed E-state index contributed by atoms with van der Waals surface area (Å²) < 4.78 is 8.06. The van der Waals surface area contributed by atoms with Crippen LogP contribution in [0.15, 0.2) is 55.1 Å². The van der Waals surface area contributed by atoms with Crippen LogP contribution in [0.4, 0.5) is 0 Å². The predicted molar refractivity (Wildman–Crippen MR) is 103 cm³/mol. The summed E-state index contributed by atoms with van der Waals surface area (Å²) in [5.41, 5.74) is 1.74. The molecule has 0 amide bonds. The molecule has 0 N–H and O–H groups in total. The lowest BCUT2D eigenvalue weighted by Crippen LogP contribution is -2.12. The molecule has 0 saturated heterocycles. The number of rotatable bonds is 6. The molecule has 1 aromatic heterocycles. The van der Waals surface area contributed by atoms with Crippen molar-refractivity contribution in [3.63, 3.8) is 0 Å². The molecule has 25 heavy (non-hydrogen) atoms. The molecular weight excluding hydrogens is 402 g/mol. The molecule has 7 heteroatoms. The Morgan fingerprint density at radius 3 is 2.36 bits per heavy atom. The summed E-state index contributed by atoms with van der Waals surface area (Å²) >= 11 is 24.5. The van der Waals surface area contributed by atoms with Gasteiger partial charge in [-0.1, -0.05) is 52.5 Å². The number of ether oxygens (including phenoxy) is 1. The summed E-state index contributed by atoms with van der Waals surface area (Å²) in [6.07, 6.45) is 5.04. The Morgan fingerprint density at radius 1 is 0.960 bits per heavy atom. The lowest BCUT2D eigenvalue weighted by Gasteiger charge is -2.20. The zero-order valence-corrected chi connectivity index (χ0v) is 16.0. The predicted octanol–water partition coefficient (Wildman–Crippen LogP) is 6.45. The minimum Gasteiger partial charge on any atom is -0.367 e. The van der Waals surface area contributed by atoms with E-state index in [0.717, 1.165) is 11.1 Å². The van der Waals surface area contributed by atoms with Crippen molar-refractivity contribution in [3.8, 4) is 0 Å². The highest BCUT2D eigenvalue weighted by atomic mass is 35.5. The molecule has 3 rings (SSSR count). The Bertz CT molecular complexity index is 832. The van der Waals surface area contributed by atoms with Gasteiger partial charge in [-0.25, -0.2) is 4.98 Å². The Morgan fingerprint density at radius 2 is 1.72 bits per heavy atom. The number of imidazole rings is 1. The quantitative estimate of drug-likeness (QED) is 0.462. The van der Waals surface area contributed by atoms with E-state index >= 15 is 0 Å². The first kappa shape index (κ1) is 18.6. The summed E-state index contributed by atoms with van der Waals surface area (Å²) in [5, 5.41) is 2.28. The molecule has 130 valence electrons. The highest BCUT2D eigenvalue weighted by Crippen LogP contribution is 2.31. The second-order valence-electron chi connectivity index (χ2n) is 5.50. The number of aromatic nitrogens is 2. The van der Waals surface area contributed by atoms with Crippen molar-refractivity contribution < 1.29 is 4.74 Å². The second kappa shape index (κ2) is 8.43. The van der Waals surface area contributed by atoms with Crippen LogP contribution in [0.1, 0.15) is 17.2 Å². The third-order valence-corrected chi connectivity index (χ3v) is 4.62. The van der Waals surface area contributed by atoms with Crippen molar-refractivity contribution in [2.24, 2.45) is 0 Å². The maximum atomic E-state index is 6.37. The zero-order valence-electron chi connectivity index (χ0n) is 13.0. The van der Waals surface area contributed by atoms with Crippen LogP contribution in [-0.4, -0.2) is 9.55 Å². The molecule has 2 aromatic carbocycles. The fourth-order valence-corrected chi connectivity index (χ4v) is 3.58. The summed E-state index contributed by atoms with van der Waals surface area (Å²) in [6.45, 7) is 0.911. The largest absolute Gasteiger partial charge is 0.367 e. The molecule has 0 aliphatic heterocycles. The second-order valence-corrected chi connectivity index (χ2v) is 7.22. The van der Waals surface area contributed by atoms with Gasteiger partial charge in [-0.2, -0.15) is 0 Å². The Kier molecular flexibility index (Phi) is 6.26. The van der Waals surface area contributed by atoms with Gasteiger partial charge in [-0.3, -0.25) is 0 Å². The van der Waals surface area contributed by atoms with E-state index in [-0.39, 0.29) is 6.10 Å². The first-order valence-electron chi connectivity index (χ1n) is 7.48. The third-order valence-electron chi connectivity index (χ3n) is 3.62. The molecule has 1 atom stereocenters. The van der Waals surface area contributed by atoms with E-state index in [4.69, 9.17) is 51.1 Å². The minimum atomic E-state index is -0.281. The van der Waals surface area contributed by atoms with E-state index in [1.807, 2.05) is 29.0 Å². The lowest BCUT2D eigenvalue weighted by atomic mass is 10.1. The van der Waals surface area contributed by atoms with Crippen LogP contribution in [0.2, 0.25) is 20.1 Å². The third kappa shape index (κ3) is 5.13. The monoisotopic (exact) mass is 414 g/mol. The van der Waals surface area contributed by atoms with Gasteiger partial charge in [0.25, 0.3) is 0 Å². The average molecular weight is 416 g/mol. The van der Waals surface area contributed by atoms with Gasteiger partial charge in [-0.15, -0.1) is 0 Å². The van der Waals surface area contributed by atoms with Crippen molar-refractivity contribution in [2.75, 3.05) is 0 Å². The molecule has 1 heterocycles. The number of nitrogens with zero attached hydrogens (tertiary/aromatic N) is 2. The van der Waals surface area contributed by atoms with E-state index in [9.17, 15) is 0 Å². The minimum absolute atomic E-state index is 0.281. The Balaban J connectivity index is 1.83. The normalized spacial score (nSPS) is 12.3. The van der Waals surface area contributed by atoms with Gasteiger partial charge >= 0.3 is 0 Å². The van der Waals surface area contributed by atoms with Gasteiger partial charge in [0.05, 0.1) is 19.5 Å². The molecule has 0 saturated carbocycles. The van der Waals surface area contributed by atoms with Crippen molar-refractivity contribution >= 4 is 46.4 Å². The van der Waals surface area contributed by atoms with E-state index in [2.05, 4.69) is 4.98 Å². The maximum Gasteiger partial charge on any atom is 0.102 e. The van der Waals surface area contributed by atoms with Gasteiger partial charge in [0.2, 0.25) is 0 Å². The fourth-order valence-electron chi connectivity index (χ4n) is 2.48. The summed E-state index contributed by atoms with van der Waals surface area (Å²) in [5.74, 6) is 0. The fraction of sp³-hybridized carbons (Fsp3) is 0.167. The maximum absolute atomic E-state index is 6.37. The molecule has 3 aromatic rings. The van der Waals surface area contributed by atoms with Crippen molar-refractivity contribution in [1.29, 1.82) is 0 Å². The SMILES string of the molecule is Clc1cc(Cl)cc(CO[C@H](Cn2ccnc2)c2ccc(Cl)cc2Cl)c1. The zero-order chi connectivity index (χ0) is 17.8. The Labute approximate surface area is 166 Å². The van der Waals surface area contributed by atoms with Gasteiger partial charge < -0.3 is 9.30 Å². The van der Waals surface area contributed by atoms with Gasteiger partial charge in [0.1, 0.15) is 6.10 Å². The average Bonchev–Trinajstić information content (AvgIpc) is 3.04. The van der Waals surface area contributed by atoms with Crippen LogP contribution in [0.25, 0.3) is 0 Å². The van der Waals surface area contributed by atoms with E-state index in [1.165, 1.54) is 0 Å². The highest BCUT2D eigenvalue weighted by Gasteiger charge is 2.17. The molecule has 0 bridgehead atoms. The Hall–Kier alpha value is -1.23.